The highest BCUT2D eigenvalue weighted by Crippen LogP contribution is 2.22. The summed E-state index contributed by atoms with van der Waals surface area (Å²) < 4.78 is 0. The molecule has 19 heavy (non-hydrogen) atoms. The molecule has 0 saturated carbocycles. The number of piperidine rings is 1. The third kappa shape index (κ3) is 6.92. The summed E-state index contributed by atoms with van der Waals surface area (Å²) in [7, 11) is 0. The standard InChI is InChI=1S/C15H30N2O2/c1-3-16(4-2)10-5-6-14-7-11-17(12-8-14)13-9-15(18)19/h14H,3-13H2,1-2H3,(H,18,19). The Morgan fingerprint density at radius 1 is 1.26 bits per heavy atom. The zero-order valence-corrected chi connectivity index (χ0v) is 12.6. The van der Waals surface area contributed by atoms with Gasteiger partial charge >= 0.3 is 5.97 Å². The van der Waals surface area contributed by atoms with Crippen LogP contribution in [0, 0.1) is 5.92 Å². The Morgan fingerprint density at radius 3 is 2.42 bits per heavy atom. The molecule has 4 heteroatoms. The molecule has 1 heterocycles. The molecular weight excluding hydrogens is 240 g/mol. The van der Waals surface area contributed by atoms with Crippen molar-refractivity contribution in [2.45, 2.75) is 46.0 Å². The smallest absolute Gasteiger partial charge is 0.304 e. The van der Waals surface area contributed by atoms with Gasteiger partial charge in [-0.3, -0.25) is 4.79 Å². The van der Waals surface area contributed by atoms with E-state index in [0.29, 0.717) is 0 Å². The third-order valence-electron chi connectivity index (χ3n) is 4.33. The summed E-state index contributed by atoms with van der Waals surface area (Å²) in [4.78, 5) is 15.3. The molecule has 0 aromatic heterocycles. The lowest BCUT2D eigenvalue weighted by Crippen LogP contribution is -2.35. The molecule has 112 valence electrons. The van der Waals surface area contributed by atoms with E-state index in [1.165, 1.54) is 32.2 Å². The Morgan fingerprint density at radius 2 is 1.89 bits per heavy atom. The van der Waals surface area contributed by atoms with Gasteiger partial charge < -0.3 is 14.9 Å². The topological polar surface area (TPSA) is 43.8 Å². The lowest BCUT2D eigenvalue weighted by atomic mass is 9.92. The number of rotatable bonds is 9. The second-order valence-corrected chi connectivity index (χ2v) is 5.60. The maximum Gasteiger partial charge on any atom is 0.304 e. The molecule has 0 aromatic rings. The van der Waals surface area contributed by atoms with Gasteiger partial charge in [-0.1, -0.05) is 13.8 Å². The van der Waals surface area contributed by atoms with Gasteiger partial charge in [-0.15, -0.1) is 0 Å². The second kappa shape index (κ2) is 9.32. The van der Waals surface area contributed by atoms with E-state index in [-0.39, 0.29) is 6.42 Å². The Hall–Kier alpha value is -0.610. The van der Waals surface area contributed by atoms with E-state index in [9.17, 15) is 4.79 Å². The maximum atomic E-state index is 10.5. The van der Waals surface area contributed by atoms with Crippen LogP contribution < -0.4 is 0 Å². The summed E-state index contributed by atoms with van der Waals surface area (Å²) in [6.07, 6.45) is 5.42. The Kier molecular flexibility index (Phi) is 8.07. The minimum atomic E-state index is -0.679. The fourth-order valence-corrected chi connectivity index (χ4v) is 2.90. The van der Waals surface area contributed by atoms with Crippen LogP contribution in [0.25, 0.3) is 0 Å². The van der Waals surface area contributed by atoms with Crippen molar-refractivity contribution in [2.24, 2.45) is 5.92 Å². The molecule has 1 fully saturated rings. The van der Waals surface area contributed by atoms with Gasteiger partial charge in [-0.25, -0.2) is 0 Å². The van der Waals surface area contributed by atoms with Gasteiger partial charge in [0.2, 0.25) is 0 Å². The van der Waals surface area contributed by atoms with Crippen molar-refractivity contribution in [3.05, 3.63) is 0 Å². The molecule has 0 spiro atoms. The first-order valence-electron chi connectivity index (χ1n) is 7.82. The minimum Gasteiger partial charge on any atom is -0.481 e. The fraction of sp³-hybridized carbons (Fsp3) is 0.933. The molecule has 1 saturated heterocycles. The van der Waals surface area contributed by atoms with Crippen LogP contribution in [0.15, 0.2) is 0 Å². The largest absolute Gasteiger partial charge is 0.481 e. The molecule has 0 bridgehead atoms. The first-order chi connectivity index (χ1) is 9.15. The van der Waals surface area contributed by atoms with Gasteiger partial charge in [-0.05, 0) is 64.3 Å². The van der Waals surface area contributed by atoms with Crippen molar-refractivity contribution in [1.82, 2.24) is 9.80 Å². The number of hydrogen-bond acceptors (Lipinski definition) is 3. The molecule has 0 aliphatic carbocycles. The Bertz CT molecular complexity index is 247. The maximum absolute atomic E-state index is 10.5. The van der Waals surface area contributed by atoms with Crippen LogP contribution in [0.1, 0.15) is 46.0 Å². The van der Waals surface area contributed by atoms with Gasteiger partial charge in [0, 0.05) is 6.54 Å². The first kappa shape index (κ1) is 16.4. The van der Waals surface area contributed by atoms with Gasteiger partial charge in [0.15, 0.2) is 0 Å². The second-order valence-electron chi connectivity index (χ2n) is 5.60. The summed E-state index contributed by atoms with van der Waals surface area (Å²) >= 11 is 0. The summed E-state index contributed by atoms with van der Waals surface area (Å²) in [6.45, 7) is 10.9. The van der Waals surface area contributed by atoms with Crippen molar-refractivity contribution < 1.29 is 9.90 Å². The number of likely N-dealkylation sites (tertiary alicyclic amines) is 1. The molecule has 0 amide bonds. The Labute approximate surface area is 117 Å². The van der Waals surface area contributed by atoms with Gasteiger partial charge in [0.25, 0.3) is 0 Å². The van der Waals surface area contributed by atoms with Crippen LogP contribution in [0.2, 0.25) is 0 Å². The van der Waals surface area contributed by atoms with E-state index in [2.05, 4.69) is 23.6 Å². The number of hydrogen-bond donors (Lipinski definition) is 1. The van der Waals surface area contributed by atoms with Crippen molar-refractivity contribution >= 4 is 5.97 Å². The van der Waals surface area contributed by atoms with Gasteiger partial charge in [0.05, 0.1) is 6.42 Å². The SMILES string of the molecule is CCN(CC)CCCC1CCN(CCC(=O)O)CC1. The van der Waals surface area contributed by atoms with Crippen molar-refractivity contribution in [3.63, 3.8) is 0 Å². The van der Waals surface area contributed by atoms with Crippen LogP contribution in [0.5, 0.6) is 0 Å². The normalized spacial score (nSPS) is 18.1. The lowest BCUT2D eigenvalue weighted by molar-refractivity contribution is -0.137. The van der Waals surface area contributed by atoms with Gasteiger partial charge in [0.1, 0.15) is 0 Å². The van der Waals surface area contributed by atoms with Crippen molar-refractivity contribution in [3.8, 4) is 0 Å². The van der Waals surface area contributed by atoms with Crippen molar-refractivity contribution in [1.29, 1.82) is 0 Å². The molecule has 0 radical (unpaired) electrons. The predicted octanol–water partition coefficient (Wildman–Crippen LogP) is 2.30. The quantitative estimate of drug-likeness (QED) is 0.698. The van der Waals surface area contributed by atoms with Crippen LogP contribution >= 0.6 is 0 Å². The zero-order chi connectivity index (χ0) is 14.1. The third-order valence-corrected chi connectivity index (χ3v) is 4.33. The molecule has 1 N–H and O–H groups in total. The molecule has 1 aliphatic heterocycles. The van der Waals surface area contributed by atoms with E-state index in [1.54, 1.807) is 0 Å². The van der Waals surface area contributed by atoms with Crippen LogP contribution in [0.3, 0.4) is 0 Å². The summed E-state index contributed by atoms with van der Waals surface area (Å²) in [5.41, 5.74) is 0. The fourth-order valence-electron chi connectivity index (χ4n) is 2.90. The molecule has 0 atom stereocenters. The summed E-state index contributed by atoms with van der Waals surface area (Å²) in [6, 6.07) is 0. The Balaban J connectivity index is 2.08. The van der Waals surface area contributed by atoms with E-state index in [4.69, 9.17) is 5.11 Å². The lowest BCUT2D eigenvalue weighted by Gasteiger charge is -2.32. The number of carboxylic acids is 1. The van der Waals surface area contributed by atoms with Crippen LogP contribution in [-0.2, 0) is 4.79 Å². The molecular formula is C15H30N2O2. The van der Waals surface area contributed by atoms with E-state index < -0.39 is 5.97 Å². The highest BCUT2D eigenvalue weighted by atomic mass is 16.4. The minimum absolute atomic E-state index is 0.284. The number of nitrogens with zero attached hydrogens (tertiary/aromatic N) is 2. The van der Waals surface area contributed by atoms with E-state index >= 15 is 0 Å². The van der Waals surface area contributed by atoms with Crippen LogP contribution in [0.4, 0.5) is 0 Å². The molecule has 0 aromatic carbocycles. The molecule has 1 aliphatic rings. The first-order valence-corrected chi connectivity index (χ1v) is 7.82. The predicted molar refractivity (Wildman–Crippen MR) is 78.4 cm³/mol. The zero-order valence-electron chi connectivity index (χ0n) is 12.6. The number of carbonyl (C=O) groups is 1. The molecule has 1 rings (SSSR count). The van der Waals surface area contributed by atoms with Gasteiger partial charge in [-0.2, -0.15) is 0 Å². The number of carboxylic acid groups (broad SMARTS) is 1. The molecule has 4 nitrogen and oxygen atoms in total. The monoisotopic (exact) mass is 270 g/mol. The van der Waals surface area contributed by atoms with E-state index in [0.717, 1.165) is 38.6 Å². The number of aliphatic carboxylic acids is 1. The average molecular weight is 270 g/mol. The average Bonchev–Trinajstić information content (AvgIpc) is 2.42. The summed E-state index contributed by atoms with van der Waals surface area (Å²) in [5.74, 6) is 0.179. The van der Waals surface area contributed by atoms with E-state index in [1.807, 2.05) is 0 Å². The highest BCUT2D eigenvalue weighted by molar-refractivity contribution is 5.66. The molecule has 0 unspecified atom stereocenters. The van der Waals surface area contributed by atoms with Crippen molar-refractivity contribution in [2.75, 3.05) is 39.3 Å². The summed E-state index contributed by atoms with van der Waals surface area (Å²) in [5, 5.41) is 8.68. The van der Waals surface area contributed by atoms with Crippen LogP contribution in [-0.4, -0.2) is 60.1 Å². The highest BCUT2D eigenvalue weighted by Gasteiger charge is 2.19.